The van der Waals surface area contributed by atoms with Gasteiger partial charge in [-0.3, -0.25) is 14.7 Å². The molecule has 14 heteroatoms. The van der Waals surface area contributed by atoms with Gasteiger partial charge in [-0.1, -0.05) is 64.0 Å². The van der Waals surface area contributed by atoms with E-state index in [1.54, 1.807) is 12.1 Å². The molecule has 0 aliphatic rings. The van der Waals surface area contributed by atoms with Crippen LogP contribution in [0.3, 0.4) is 0 Å². The normalized spacial score (nSPS) is 12.2. The maximum atomic E-state index is 13.6. The number of carboxylic acids is 1. The van der Waals surface area contributed by atoms with Gasteiger partial charge in [0.15, 0.2) is 17.6 Å². The van der Waals surface area contributed by atoms with E-state index in [1.807, 2.05) is 35.7 Å². The van der Waals surface area contributed by atoms with E-state index in [0.29, 0.717) is 35.7 Å². The number of H-pyrrole nitrogens is 1. The molecule has 0 aliphatic heterocycles. The molecule has 0 bridgehead atoms. The number of phenols is 1. The minimum absolute atomic E-state index is 0.0177. The lowest BCUT2D eigenvalue weighted by Crippen LogP contribution is -2.33. The van der Waals surface area contributed by atoms with Gasteiger partial charge in [-0.05, 0) is 98.8 Å². The minimum atomic E-state index is -3.79. The lowest BCUT2D eigenvalue weighted by molar-refractivity contribution is -0.136. The van der Waals surface area contributed by atoms with Gasteiger partial charge in [0.2, 0.25) is 9.84 Å². The van der Waals surface area contributed by atoms with Crippen molar-refractivity contribution in [3.63, 3.8) is 0 Å². The van der Waals surface area contributed by atoms with Crippen molar-refractivity contribution < 1.29 is 33.0 Å². The summed E-state index contributed by atoms with van der Waals surface area (Å²) in [6, 6.07) is 19.2. The average Bonchev–Trinajstić information content (AvgIpc) is 3.70. The van der Waals surface area contributed by atoms with Crippen LogP contribution in [0.15, 0.2) is 87.5 Å². The highest BCUT2D eigenvalue weighted by atomic mass is 32.2. The quantitative estimate of drug-likeness (QED) is 0.0371. The summed E-state index contributed by atoms with van der Waals surface area (Å²) in [5.41, 5.74) is 3.41. The van der Waals surface area contributed by atoms with Gasteiger partial charge in [0.05, 0.1) is 21.1 Å². The number of hydrogen-bond donors (Lipinski definition) is 4. The summed E-state index contributed by atoms with van der Waals surface area (Å²) in [5, 5.41) is 33.5. The fraction of sp³-hybridized carbons (Fsp3) is 0.415. The van der Waals surface area contributed by atoms with Crippen LogP contribution < -0.4 is 10.1 Å². The molecule has 0 spiro atoms. The van der Waals surface area contributed by atoms with Crippen molar-refractivity contribution in [2.24, 2.45) is 0 Å². The number of nitrogens with one attached hydrogen (secondary N) is 2. The molecule has 0 saturated carbocycles. The summed E-state index contributed by atoms with van der Waals surface area (Å²) < 4.78 is 34.3. The number of aromatic nitrogens is 4. The number of rotatable bonds is 23. The number of aliphatic carboxylic acids is 1. The number of thioether (sulfide) groups is 1. The van der Waals surface area contributed by atoms with E-state index < -0.39 is 21.9 Å². The number of sulfone groups is 1. The molecule has 4 N–H and O–H groups in total. The van der Waals surface area contributed by atoms with Crippen molar-refractivity contribution in [1.29, 1.82) is 0 Å². The first-order valence-corrected chi connectivity index (χ1v) is 21.5. The molecule has 2 aromatic heterocycles. The smallest absolute Gasteiger partial charge is 0.304 e. The van der Waals surface area contributed by atoms with Crippen molar-refractivity contribution in [2.75, 3.05) is 11.1 Å². The number of fused-ring (bicyclic) bond motifs is 1. The SMILES string of the molecule is CCCCCCCCCCC(Oc1ccc(S(=O)(=O)c2ccc(O)cc2)cc1)C(=O)Nc1ccc(CCCc2nnc3c(SCCC(=O)O)c(C)[nH]n23)cc1. The lowest BCUT2D eigenvalue weighted by atomic mass is 10.0. The van der Waals surface area contributed by atoms with E-state index in [1.165, 1.54) is 80.3 Å². The number of ether oxygens (including phenoxy) is 1. The molecule has 5 rings (SSSR count). The van der Waals surface area contributed by atoms with Crippen molar-refractivity contribution >= 4 is 44.8 Å². The molecule has 0 radical (unpaired) electrons. The Hall–Kier alpha value is -4.82. The van der Waals surface area contributed by atoms with Crippen LogP contribution in [-0.2, 0) is 32.3 Å². The first kappa shape index (κ1) is 41.3. The summed E-state index contributed by atoms with van der Waals surface area (Å²) in [7, 11) is -3.79. The van der Waals surface area contributed by atoms with Crippen LogP contribution >= 0.6 is 11.8 Å². The second-order valence-corrected chi connectivity index (χ2v) is 16.8. The maximum absolute atomic E-state index is 13.6. The van der Waals surface area contributed by atoms with Crippen LogP contribution in [-0.4, -0.2) is 62.2 Å². The van der Waals surface area contributed by atoms with Gasteiger partial charge in [0, 0.05) is 23.6 Å². The highest BCUT2D eigenvalue weighted by Gasteiger charge is 2.22. The predicted molar refractivity (Wildman–Crippen MR) is 214 cm³/mol. The molecular formula is C41H51N5O7S2. The molecule has 2 heterocycles. The van der Waals surface area contributed by atoms with Crippen LogP contribution in [0.5, 0.6) is 11.5 Å². The molecule has 0 saturated heterocycles. The topological polar surface area (TPSA) is 176 Å². The number of benzene rings is 3. The molecule has 3 aromatic carbocycles. The zero-order valence-electron chi connectivity index (χ0n) is 31.5. The molecule has 1 atom stereocenters. The Bertz CT molecular complexity index is 2100. The lowest BCUT2D eigenvalue weighted by Gasteiger charge is -2.19. The van der Waals surface area contributed by atoms with Crippen molar-refractivity contribution in [3.8, 4) is 11.5 Å². The summed E-state index contributed by atoms with van der Waals surface area (Å²) >= 11 is 1.46. The minimum Gasteiger partial charge on any atom is -0.508 e. The third-order valence-corrected chi connectivity index (χ3v) is 12.3. The zero-order chi connectivity index (χ0) is 39.2. The fourth-order valence-corrected chi connectivity index (χ4v) is 8.57. The highest BCUT2D eigenvalue weighted by molar-refractivity contribution is 7.99. The number of aromatic hydroxyl groups is 1. The van der Waals surface area contributed by atoms with E-state index in [0.717, 1.165) is 54.1 Å². The number of carbonyl (C=O) groups is 2. The number of nitrogens with zero attached hydrogens (tertiary/aromatic N) is 3. The third kappa shape index (κ3) is 11.8. The first-order chi connectivity index (χ1) is 26.5. The monoisotopic (exact) mass is 789 g/mol. The second-order valence-electron chi connectivity index (χ2n) is 13.7. The Morgan fingerprint density at radius 3 is 2.15 bits per heavy atom. The third-order valence-electron chi connectivity index (χ3n) is 9.37. The standard InChI is InChI=1S/C41H51N5O7S2/c1-3-4-5-6-7-8-9-10-13-36(53-33-21-25-35(26-22-33)55(51,52)34-23-19-32(47)20-24-34)41(50)42-31-17-15-30(16-18-31)12-11-14-37-43-44-40-39(29(2)45-46(37)40)54-28-27-38(48)49/h15-26,36,45,47H,3-14,27-28H2,1-2H3,(H,42,50)(H,48,49). The summed E-state index contributed by atoms with van der Waals surface area (Å²) in [6.07, 6.45) is 11.2. The summed E-state index contributed by atoms with van der Waals surface area (Å²) in [5.74, 6) is 0.548. The molecule has 294 valence electrons. The Morgan fingerprint density at radius 2 is 1.49 bits per heavy atom. The molecule has 1 unspecified atom stereocenters. The van der Waals surface area contributed by atoms with Crippen LogP contribution in [0.1, 0.15) is 94.6 Å². The summed E-state index contributed by atoms with van der Waals surface area (Å²) in [4.78, 5) is 25.6. The van der Waals surface area contributed by atoms with Crippen molar-refractivity contribution in [3.05, 3.63) is 89.9 Å². The molecular weight excluding hydrogens is 739 g/mol. The van der Waals surface area contributed by atoms with Gasteiger partial charge >= 0.3 is 5.97 Å². The van der Waals surface area contributed by atoms with E-state index >= 15 is 0 Å². The van der Waals surface area contributed by atoms with E-state index in [-0.39, 0.29) is 27.9 Å². The molecule has 0 fully saturated rings. The summed E-state index contributed by atoms with van der Waals surface area (Å²) in [6.45, 7) is 4.15. The van der Waals surface area contributed by atoms with Crippen LogP contribution in [0.25, 0.3) is 5.65 Å². The number of carboxylic acid groups (broad SMARTS) is 1. The van der Waals surface area contributed by atoms with E-state index in [4.69, 9.17) is 9.84 Å². The average molecular weight is 790 g/mol. The Labute approximate surface area is 327 Å². The molecule has 55 heavy (non-hydrogen) atoms. The maximum Gasteiger partial charge on any atom is 0.304 e. The predicted octanol–water partition coefficient (Wildman–Crippen LogP) is 8.56. The van der Waals surface area contributed by atoms with Crippen molar-refractivity contribution in [1.82, 2.24) is 19.8 Å². The number of aromatic amines is 1. The van der Waals surface area contributed by atoms with Gasteiger partial charge in [0.1, 0.15) is 11.5 Å². The number of carbonyl (C=O) groups excluding carboxylic acids is 1. The molecule has 5 aromatic rings. The number of hydrogen-bond acceptors (Lipinski definition) is 9. The van der Waals surface area contributed by atoms with Crippen LogP contribution in [0.4, 0.5) is 5.69 Å². The second kappa shape index (κ2) is 20.2. The van der Waals surface area contributed by atoms with Crippen LogP contribution in [0.2, 0.25) is 0 Å². The van der Waals surface area contributed by atoms with E-state index in [9.17, 15) is 23.1 Å². The largest absolute Gasteiger partial charge is 0.508 e. The van der Waals surface area contributed by atoms with Gasteiger partial charge in [0.25, 0.3) is 5.91 Å². The van der Waals surface area contributed by atoms with Gasteiger partial charge in [-0.15, -0.1) is 22.0 Å². The number of amides is 1. The van der Waals surface area contributed by atoms with Crippen LogP contribution in [0, 0.1) is 6.92 Å². The number of unbranched alkanes of at least 4 members (excludes halogenated alkanes) is 7. The Morgan fingerprint density at radius 1 is 0.855 bits per heavy atom. The highest BCUT2D eigenvalue weighted by Crippen LogP contribution is 2.28. The number of anilines is 1. The van der Waals surface area contributed by atoms with Gasteiger partial charge in [-0.25, -0.2) is 12.9 Å². The van der Waals surface area contributed by atoms with Crippen molar-refractivity contribution in [2.45, 2.75) is 118 Å². The molecule has 1 amide bonds. The number of phenolic OH excluding ortho intramolecular Hbond substituents is 1. The Balaban J connectivity index is 1.17. The Kier molecular flexibility index (Phi) is 15.2. The van der Waals surface area contributed by atoms with Gasteiger partial charge in [-0.2, -0.15) is 0 Å². The van der Waals surface area contributed by atoms with E-state index in [2.05, 4.69) is 27.5 Å². The number of aryl methyl sites for hydroxylation is 3. The first-order valence-electron chi connectivity index (χ1n) is 19.0. The zero-order valence-corrected chi connectivity index (χ0v) is 33.1. The molecule has 0 aliphatic carbocycles. The van der Waals surface area contributed by atoms with Gasteiger partial charge < -0.3 is 20.3 Å². The molecule has 12 nitrogen and oxygen atoms in total. The fourth-order valence-electron chi connectivity index (χ4n) is 6.30.